The Morgan fingerprint density at radius 2 is 2.13 bits per heavy atom. The molecule has 0 bridgehead atoms. The molecule has 1 aliphatic heterocycles. The van der Waals surface area contributed by atoms with Crippen molar-refractivity contribution in [3.8, 4) is 5.75 Å². The minimum absolute atomic E-state index is 0.0605. The van der Waals surface area contributed by atoms with Gasteiger partial charge in [0.05, 0.1) is 13.2 Å². The quantitative estimate of drug-likeness (QED) is 0.838. The fourth-order valence-electron chi connectivity index (χ4n) is 3.06. The maximum absolute atomic E-state index is 12.7. The van der Waals surface area contributed by atoms with Crippen molar-refractivity contribution in [3.63, 3.8) is 0 Å². The normalized spacial score (nSPS) is 17.5. The zero-order chi connectivity index (χ0) is 16.2. The summed E-state index contributed by atoms with van der Waals surface area (Å²) in [6.45, 7) is 2.95. The number of aryl methyl sites for hydroxylation is 1. The van der Waals surface area contributed by atoms with Crippen molar-refractivity contribution in [1.82, 2.24) is 25.1 Å². The number of methoxy groups -OCH3 is 1. The highest BCUT2D eigenvalue weighted by Gasteiger charge is 2.30. The van der Waals surface area contributed by atoms with Gasteiger partial charge >= 0.3 is 0 Å². The molecule has 0 saturated carbocycles. The first-order chi connectivity index (χ1) is 11.2. The van der Waals surface area contributed by atoms with Crippen molar-refractivity contribution < 1.29 is 9.53 Å². The van der Waals surface area contributed by atoms with Gasteiger partial charge in [0.2, 0.25) is 5.91 Å². The number of benzene rings is 1. The lowest BCUT2D eigenvalue weighted by atomic mass is 10.0. The molecule has 7 nitrogen and oxygen atoms in total. The van der Waals surface area contributed by atoms with Crippen molar-refractivity contribution in [3.05, 3.63) is 35.7 Å². The van der Waals surface area contributed by atoms with E-state index in [1.165, 1.54) is 0 Å². The second kappa shape index (κ2) is 6.76. The predicted molar refractivity (Wildman–Crippen MR) is 83.9 cm³/mol. The van der Waals surface area contributed by atoms with E-state index in [4.69, 9.17) is 4.74 Å². The van der Waals surface area contributed by atoms with E-state index in [0.29, 0.717) is 6.42 Å². The van der Waals surface area contributed by atoms with Gasteiger partial charge in [0.25, 0.3) is 0 Å². The lowest BCUT2D eigenvalue weighted by Gasteiger charge is -2.25. The zero-order valence-electron chi connectivity index (χ0n) is 13.5. The molecule has 0 aliphatic carbocycles. The lowest BCUT2D eigenvalue weighted by molar-refractivity contribution is -0.133. The summed E-state index contributed by atoms with van der Waals surface area (Å²) in [5, 5.41) is 11.5. The van der Waals surface area contributed by atoms with E-state index in [1.807, 2.05) is 36.1 Å². The second-order valence-corrected chi connectivity index (χ2v) is 5.62. The minimum atomic E-state index is 0.0605. The molecule has 1 atom stereocenters. The van der Waals surface area contributed by atoms with Crippen LogP contribution in [0.15, 0.2) is 24.3 Å². The summed E-state index contributed by atoms with van der Waals surface area (Å²) in [7, 11) is 1.65. The number of carbonyl (C=O) groups excluding carboxylic acids is 1. The Hall–Kier alpha value is -2.44. The monoisotopic (exact) mass is 315 g/mol. The van der Waals surface area contributed by atoms with Crippen LogP contribution in [0.4, 0.5) is 0 Å². The molecule has 7 heteroatoms. The molecule has 1 fully saturated rings. The van der Waals surface area contributed by atoms with Crippen molar-refractivity contribution >= 4 is 5.91 Å². The number of carbonyl (C=O) groups is 1. The van der Waals surface area contributed by atoms with Crippen LogP contribution in [0.5, 0.6) is 5.75 Å². The number of tetrazole rings is 1. The van der Waals surface area contributed by atoms with Crippen LogP contribution in [0.3, 0.4) is 0 Å². The average molecular weight is 315 g/mol. The highest BCUT2D eigenvalue weighted by Crippen LogP contribution is 2.32. The minimum Gasteiger partial charge on any atom is -0.497 e. The van der Waals surface area contributed by atoms with Crippen LogP contribution in [0, 0.1) is 0 Å². The van der Waals surface area contributed by atoms with Crippen LogP contribution >= 0.6 is 0 Å². The van der Waals surface area contributed by atoms with E-state index in [1.54, 1.807) is 11.8 Å². The summed E-state index contributed by atoms with van der Waals surface area (Å²) in [6, 6.07) is 8.06. The van der Waals surface area contributed by atoms with Gasteiger partial charge in [0.15, 0.2) is 5.82 Å². The fourth-order valence-corrected chi connectivity index (χ4v) is 3.06. The number of aromatic nitrogens is 4. The summed E-state index contributed by atoms with van der Waals surface area (Å²) < 4.78 is 6.78. The highest BCUT2D eigenvalue weighted by atomic mass is 16.5. The summed E-state index contributed by atoms with van der Waals surface area (Å²) >= 11 is 0. The zero-order valence-corrected chi connectivity index (χ0v) is 13.5. The lowest BCUT2D eigenvalue weighted by Crippen LogP contribution is -2.34. The number of hydrogen-bond acceptors (Lipinski definition) is 5. The molecule has 1 aliphatic rings. The van der Waals surface area contributed by atoms with Gasteiger partial charge in [0.1, 0.15) is 12.3 Å². The van der Waals surface area contributed by atoms with Crippen molar-refractivity contribution in [2.24, 2.45) is 0 Å². The van der Waals surface area contributed by atoms with Gasteiger partial charge in [-0.3, -0.25) is 4.79 Å². The first-order valence-corrected chi connectivity index (χ1v) is 7.91. The summed E-state index contributed by atoms with van der Waals surface area (Å²) in [5.74, 6) is 1.62. The van der Waals surface area contributed by atoms with E-state index in [0.717, 1.165) is 36.5 Å². The van der Waals surface area contributed by atoms with Gasteiger partial charge in [0, 0.05) is 13.0 Å². The molecule has 2 heterocycles. The number of nitrogens with zero attached hydrogens (tertiary/aromatic N) is 5. The Labute approximate surface area is 135 Å². The standard InChI is InChI=1S/C16H21N5O2/c1-3-15-17-18-19-21(15)11-16(22)20-10-4-5-14(20)12-6-8-13(23-2)9-7-12/h6-9,14H,3-5,10-11H2,1-2H3/t14-/m1/s1. The van der Waals surface area contributed by atoms with Gasteiger partial charge in [-0.25, -0.2) is 4.68 Å². The molecule has 1 amide bonds. The van der Waals surface area contributed by atoms with Crippen molar-refractivity contribution in [1.29, 1.82) is 0 Å². The third-order valence-corrected chi connectivity index (χ3v) is 4.28. The summed E-state index contributed by atoms with van der Waals surface area (Å²) in [4.78, 5) is 14.6. The highest BCUT2D eigenvalue weighted by molar-refractivity contribution is 5.76. The third kappa shape index (κ3) is 3.18. The summed E-state index contributed by atoms with van der Waals surface area (Å²) in [6.07, 6.45) is 2.70. The molecule has 3 rings (SSSR count). The number of amides is 1. The van der Waals surface area contributed by atoms with Crippen molar-refractivity contribution in [2.75, 3.05) is 13.7 Å². The third-order valence-electron chi connectivity index (χ3n) is 4.28. The largest absolute Gasteiger partial charge is 0.497 e. The topological polar surface area (TPSA) is 73.1 Å². The maximum atomic E-state index is 12.7. The number of rotatable bonds is 5. The fraction of sp³-hybridized carbons (Fsp3) is 0.500. The van der Waals surface area contributed by atoms with Crippen LogP contribution in [-0.4, -0.2) is 44.7 Å². The molecule has 0 N–H and O–H groups in total. The van der Waals surface area contributed by atoms with E-state index in [2.05, 4.69) is 15.5 Å². The van der Waals surface area contributed by atoms with Gasteiger partial charge in [-0.05, 0) is 41.0 Å². The molecule has 0 spiro atoms. The van der Waals surface area contributed by atoms with Gasteiger partial charge in [-0.1, -0.05) is 19.1 Å². The molecule has 2 aromatic rings. The van der Waals surface area contributed by atoms with Crippen molar-refractivity contribution in [2.45, 2.75) is 38.8 Å². The summed E-state index contributed by atoms with van der Waals surface area (Å²) in [5.41, 5.74) is 1.14. The number of likely N-dealkylation sites (tertiary alicyclic amines) is 1. The van der Waals surface area contributed by atoms with Gasteiger partial charge < -0.3 is 9.64 Å². The SMILES string of the molecule is CCc1nnnn1CC(=O)N1CCC[C@@H]1c1ccc(OC)cc1. The Balaban J connectivity index is 1.74. The Bertz CT molecular complexity index is 667. The molecular formula is C16H21N5O2. The van der Waals surface area contributed by atoms with E-state index < -0.39 is 0 Å². The first kappa shape index (κ1) is 15.5. The molecule has 0 radical (unpaired) electrons. The van der Waals surface area contributed by atoms with Crippen LogP contribution in [0.1, 0.15) is 37.2 Å². The Morgan fingerprint density at radius 1 is 1.35 bits per heavy atom. The van der Waals surface area contributed by atoms with Gasteiger partial charge in [-0.15, -0.1) is 5.10 Å². The predicted octanol–water partition coefficient (Wildman–Crippen LogP) is 1.61. The molecule has 122 valence electrons. The molecule has 23 heavy (non-hydrogen) atoms. The number of ether oxygens (including phenoxy) is 1. The van der Waals surface area contributed by atoms with Crippen LogP contribution in [0.2, 0.25) is 0 Å². The van der Waals surface area contributed by atoms with E-state index in [9.17, 15) is 4.79 Å². The Kier molecular flexibility index (Phi) is 4.55. The first-order valence-electron chi connectivity index (χ1n) is 7.91. The second-order valence-electron chi connectivity index (χ2n) is 5.62. The Morgan fingerprint density at radius 3 is 2.83 bits per heavy atom. The molecular weight excluding hydrogens is 294 g/mol. The van der Waals surface area contributed by atoms with E-state index >= 15 is 0 Å². The van der Waals surface area contributed by atoms with E-state index in [-0.39, 0.29) is 18.5 Å². The average Bonchev–Trinajstić information content (AvgIpc) is 3.23. The molecule has 1 aromatic heterocycles. The van der Waals surface area contributed by atoms with Crippen LogP contribution in [0.25, 0.3) is 0 Å². The smallest absolute Gasteiger partial charge is 0.244 e. The van der Waals surface area contributed by atoms with Gasteiger partial charge in [-0.2, -0.15) is 0 Å². The molecule has 0 unspecified atom stereocenters. The molecule has 1 saturated heterocycles. The van der Waals surface area contributed by atoms with Crippen LogP contribution in [-0.2, 0) is 17.8 Å². The number of hydrogen-bond donors (Lipinski definition) is 0. The maximum Gasteiger partial charge on any atom is 0.244 e. The molecule has 1 aromatic carbocycles. The van der Waals surface area contributed by atoms with Crippen LogP contribution < -0.4 is 4.74 Å².